The van der Waals surface area contributed by atoms with Gasteiger partial charge in [-0.25, -0.2) is 8.42 Å². The first-order chi connectivity index (χ1) is 12.8. The maximum atomic E-state index is 12.9. The summed E-state index contributed by atoms with van der Waals surface area (Å²) in [7, 11) is -1.95. The number of benzene rings is 1. The predicted molar refractivity (Wildman–Crippen MR) is 106 cm³/mol. The van der Waals surface area contributed by atoms with Crippen LogP contribution in [-0.4, -0.2) is 44.9 Å². The summed E-state index contributed by atoms with van der Waals surface area (Å²) < 4.78 is 32.7. The van der Waals surface area contributed by atoms with Crippen LogP contribution in [0.15, 0.2) is 23.1 Å². The van der Waals surface area contributed by atoms with Gasteiger partial charge in [-0.1, -0.05) is 20.3 Å². The van der Waals surface area contributed by atoms with E-state index in [9.17, 15) is 13.2 Å². The molecule has 1 aromatic carbocycles. The van der Waals surface area contributed by atoms with Gasteiger partial charge in [-0.3, -0.25) is 4.79 Å². The van der Waals surface area contributed by atoms with E-state index in [0.29, 0.717) is 37.6 Å². The lowest BCUT2D eigenvalue weighted by atomic mass is 10.1. The first kappa shape index (κ1) is 21.7. The van der Waals surface area contributed by atoms with Gasteiger partial charge >= 0.3 is 0 Å². The maximum absolute atomic E-state index is 12.9. The molecule has 6 nitrogen and oxygen atoms in total. The maximum Gasteiger partial charge on any atom is 0.243 e. The summed E-state index contributed by atoms with van der Waals surface area (Å²) in [5, 5.41) is 2.98. The standard InChI is InChI=1S/C20H32N2O4S/c1-15(2)16(3)21-20(23)11-8-17-14-18(9-10-19(17)26-4)27(24,25)22-12-6-5-7-13-22/h9-10,14-16H,5-8,11-13H2,1-4H3,(H,21,23). The van der Waals surface area contributed by atoms with E-state index in [2.05, 4.69) is 19.2 Å². The Bertz CT molecular complexity index is 740. The smallest absolute Gasteiger partial charge is 0.243 e. The molecule has 0 bridgehead atoms. The average molecular weight is 397 g/mol. The highest BCUT2D eigenvalue weighted by Gasteiger charge is 2.26. The monoisotopic (exact) mass is 396 g/mol. The van der Waals surface area contributed by atoms with Crippen LogP contribution in [0.5, 0.6) is 5.75 Å². The highest BCUT2D eigenvalue weighted by Crippen LogP contribution is 2.27. The SMILES string of the molecule is COc1ccc(S(=O)(=O)N2CCCCC2)cc1CCC(=O)NC(C)C(C)C. The van der Waals surface area contributed by atoms with E-state index < -0.39 is 10.0 Å². The van der Waals surface area contributed by atoms with Gasteiger partial charge in [-0.2, -0.15) is 4.31 Å². The number of ether oxygens (including phenoxy) is 1. The van der Waals surface area contributed by atoms with Crippen molar-refractivity contribution in [3.05, 3.63) is 23.8 Å². The van der Waals surface area contributed by atoms with E-state index in [1.807, 2.05) is 6.92 Å². The van der Waals surface area contributed by atoms with Crippen LogP contribution in [0.25, 0.3) is 0 Å². The highest BCUT2D eigenvalue weighted by atomic mass is 32.2. The summed E-state index contributed by atoms with van der Waals surface area (Å²) in [6.07, 6.45) is 3.60. The molecule has 2 rings (SSSR count). The number of sulfonamides is 1. The topological polar surface area (TPSA) is 75.7 Å². The summed E-state index contributed by atoms with van der Waals surface area (Å²) >= 11 is 0. The summed E-state index contributed by atoms with van der Waals surface area (Å²) in [6, 6.07) is 5.03. The minimum absolute atomic E-state index is 0.0393. The van der Waals surface area contributed by atoms with Gasteiger partial charge in [-0.05, 0) is 55.9 Å². The zero-order chi connectivity index (χ0) is 20.0. The molecule has 0 spiro atoms. The summed E-state index contributed by atoms with van der Waals surface area (Å²) in [6.45, 7) is 7.24. The van der Waals surface area contributed by atoms with Gasteiger partial charge in [0.25, 0.3) is 0 Å². The molecule has 27 heavy (non-hydrogen) atoms. The number of carbonyl (C=O) groups excluding carboxylic acids is 1. The van der Waals surface area contributed by atoms with E-state index in [4.69, 9.17) is 4.74 Å². The van der Waals surface area contributed by atoms with Crippen molar-refractivity contribution in [3.63, 3.8) is 0 Å². The van der Waals surface area contributed by atoms with Gasteiger partial charge in [0.1, 0.15) is 5.75 Å². The fraction of sp³-hybridized carbons (Fsp3) is 0.650. The van der Waals surface area contributed by atoms with Crippen LogP contribution < -0.4 is 10.1 Å². The van der Waals surface area contributed by atoms with Crippen molar-refractivity contribution in [1.82, 2.24) is 9.62 Å². The lowest BCUT2D eigenvalue weighted by molar-refractivity contribution is -0.121. The number of hydrogen-bond donors (Lipinski definition) is 1. The second-order valence-electron chi connectivity index (χ2n) is 7.54. The molecule has 1 amide bonds. The van der Waals surface area contributed by atoms with Crippen molar-refractivity contribution < 1.29 is 17.9 Å². The largest absolute Gasteiger partial charge is 0.496 e. The normalized spacial score (nSPS) is 16.9. The molecule has 0 aromatic heterocycles. The quantitative estimate of drug-likeness (QED) is 0.733. The van der Waals surface area contributed by atoms with Crippen LogP contribution in [0.1, 0.15) is 52.0 Å². The van der Waals surface area contributed by atoms with Gasteiger partial charge in [-0.15, -0.1) is 0 Å². The Balaban J connectivity index is 2.14. The lowest BCUT2D eigenvalue weighted by Gasteiger charge is -2.26. The fourth-order valence-corrected chi connectivity index (χ4v) is 4.67. The molecule has 7 heteroatoms. The van der Waals surface area contributed by atoms with Crippen LogP contribution in [0.3, 0.4) is 0 Å². The average Bonchev–Trinajstić information content (AvgIpc) is 2.66. The third-order valence-corrected chi connectivity index (χ3v) is 7.11. The molecular weight excluding hydrogens is 364 g/mol. The van der Waals surface area contributed by atoms with E-state index in [0.717, 1.165) is 24.8 Å². The van der Waals surface area contributed by atoms with Gasteiger partial charge in [0.15, 0.2) is 0 Å². The summed E-state index contributed by atoms with van der Waals surface area (Å²) in [5.41, 5.74) is 0.739. The molecule has 1 aliphatic rings. The number of aryl methyl sites for hydroxylation is 1. The van der Waals surface area contributed by atoms with E-state index in [1.54, 1.807) is 29.6 Å². The molecule has 0 radical (unpaired) electrons. The Kier molecular flexibility index (Phi) is 7.68. The Labute approximate surface area is 163 Å². The molecule has 1 saturated heterocycles. The van der Waals surface area contributed by atoms with Crippen molar-refractivity contribution in [3.8, 4) is 5.75 Å². The number of nitrogens with one attached hydrogen (secondary N) is 1. The number of nitrogens with zero attached hydrogens (tertiary/aromatic N) is 1. The van der Waals surface area contributed by atoms with Gasteiger partial charge in [0.2, 0.25) is 15.9 Å². The Morgan fingerprint density at radius 1 is 1.19 bits per heavy atom. The molecule has 0 aliphatic carbocycles. The highest BCUT2D eigenvalue weighted by molar-refractivity contribution is 7.89. The van der Waals surface area contributed by atoms with E-state index >= 15 is 0 Å². The van der Waals surface area contributed by atoms with Crippen LogP contribution in [0.4, 0.5) is 0 Å². The first-order valence-electron chi connectivity index (χ1n) is 9.72. The Morgan fingerprint density at radius 2 is 1.85 bits per heavy atom. The van der Waals surface area contributed by atoms with Crippen molar-refractivity contribution in [1.29, 1.82) is 0 Å². The van der Waals surface area contributed by atoms with E-state index in [1.165, 1.54) is 0 Å². The van der Waals surface area contributed by atoms with Gasteiger partial charge < -0.3 is 10.1 Å². The van der Waals surface area contributed by atoms with Crippen molar-refractivity contribution in [2.75, 3.05) is 20.2 Å². The Hall–Kier alpha value is -1.60. The first-order valence-corrected chi connectivity index (χ1v) is 11.2. The van der Waals surface area contributed by atoms with Crippen LogP contribution in [-0.2, 0) is 21.2 Å². The molecule has 1 aliphatic heterocycles. The van der Waals surface area contributed by atoms with Crippen molar-refractivity contribution in [2.24, 2.45) is 5.92 Å². The molecule has 1 aromatic rings. The second kappa shape index (κ2) is 9.55. The second-order valence-corrected chi connectivity index (χ2v) is 9.48. The number of hydrogen-bond acceptors (Lipinski definition) is 4. The molecular formula is C20H32N2O4S. The number of carbonyl (C=O) groups is 1. The molecule has 1 fully saturated rings. The third-order valence-electron chi connectivity index (χ3n) is 5.21. The lowest BCUT2D eigenvalue weighted by Crippen LogP contribution is -2.36. The number of piperidine rings is 1. The zero-order valence-corrected chi connectivity index (χ0v) is 17.6. The van der Waals surface area contributed by atoms with Gasteiger partial charge in [0, 0.05) is 25.6 Å². The van der Waals surface area contributed by atoms with Crippen LogP contribution in [0.2, 0.25) is 0 Å². The zero-order valence-electron chi connectivity index (χ0n) is 16.8. The van der Waals surface area contributed by atoms with Crippen molar-refractivity contribution in [2.45, 2.75) is 63.8 Å². The molecule has 1 heterocycles. The van der Waals surface area contributed by atoms with Crippen LogP contribution in [0, 0.1) is 5.92 Å². The van der Waals surface area contributed by atoms with Crippen molar-refractivity contribution >= 4 is 15.9 Å². The fourth-order valence-electron chi connectivity index (χ4n) is 3.11. The number of amides is 1. The summed E-state index contributed by atoms with van der Waals surface area (Å²) in [4.78, 5) is 12.5. The summed E-state index contributed by atoms with van der Waals surface area (Å²) in [5.74, 6) is 0.932. The molecule has 1 atom stereocenters. The molecule has 152 valence electrons. The minimum atomic E-state index is -3.50. The van der Waals surface area contributed by atoms with E-state index in [-0.39, 0.29) is 16.8 Å². The van der Waals surface area contributed by atoms with Crippen LogP contribution >= 0.6 is 0 Å². The third kappa shape index (κ3) is 5.69. The predicted octanol–water partition coefficient (Wildman–Crippen LogP) is 2.96. The van der Waals surface area contributed by atoms with Gasteiger partial charge in [0.05, 0.1) is 12.0 Å². The molecule has 0 saturated carbocycles. The molecule has 1 unspecified atom stereocenters. The number of rotatable bonds is 8. The number of methoxy groups -OCH3 is 1. The Morgan fingerprint density at radius 3 is 2.44 bits per heavy atom. The minimum Gasteiger partial charge on any atom is -0.496 e. The molecule has 1 N–H and O–H groups in total.